The number of hydrogen-bond donors (Lipinski definition) is 0. The lowest BCUT2D eigenvalue weighted by molar-refractivity contribution is 0.356. The first-order valence-corrected chi connectivity index (χ1v) is 9.45. The van der Waals surface area contributed by atoms with Gasteiger partial charge in [0.05, 0.1) is 7.11 Å². The first-order valence-electron chi connectivity index (χ1n) is 9.45. The standard InChI is InChI=1S/C22H24FN3O/c1-27-22-21(24-9-10-25-22)7-6-19-16(8-13-26-11-2-3-12-26)14-17-15-18(23)4-5-20(17)19/h2-5,9-10,15H,6-8,11-14H2,1H3. The molecule has 0 atom stereocenters. The molecule has 0 N–H and O–H groups in total. The highest BCUT2D eigenvalue weighted by Crippen LogP contribution is 2.38. The van der Waals surface area contributed by atoms with Crippen molar-refractivity contribution in [2.45, 2.75) is 25.7 Å². The van der Waals surface area contributed by atoms with Gasteiger partial charge in [-0.3, -0.25) is 9.88 Å². The summed E-state index contributed by atoms with van der Waals surface area (Å²) in [5.41, 5.74) is 5.92. The van der Waals surface area contributed by atoms with Crippen molar-refractivity contribution in [2.24, 2.45) is 0 Å². The van der Waals surface area contributed by atoms with Crippen LogP contribution >= 0.6 is 0 Å². The number of allylic oxidation sites excluding steroid dienone is 1. The van der Waals surface area contributed by atoms with Crippen LogP contribution < -0.4 is 4.74 Å². The Morgan fingerprint density at radius 1 is 1.07 bits per heavy atom. The van der Waals surface area contributed by atoms with Crippen molar-refractivity contribution in [3.63, 3.8) is 0 Å². The molecule has 0 saturated heterocycles. The van der Waals surface area contributed by atoms with Crippen molar-refractivity contribution in [2.75, 3.05) is 26.7 Å². The second kappa shape index (κ2) is 8.01. The number of rotatable bonds is 7. The summed E-state index contributed by atoms with van der Waals surface area (Å²) in [7, 11) is 1.62. The van der Waals surface area contributed by atoms with Crippen LogP contribution in [0, 0.1) is 5.82 Å². The van der Waals surface area contributed by atoms with E-state index in [4.69, 9.17) is 4.74 Å². The number of hydrogen-bond acceptors (Lipinski definition) is 4. The molecule has 140 valence electrons. The number of nitrogens with zero attached hydrogens (tertiary/aromatic N) is 3. The first kappa shape index (κ1) is 17.9. The van der Waals surface area contributed by atoms with Crippen molar-refractivity contribution in [3.05, 3.63) is 71.0 Å². The Balaban J connectivity index is 1.54. The number of aryl methyl sites for hydroxylation is 1. The van der Waals surface area contributed by atoms with Crippen LogP contribution in [-0.4, -0.2) is 41.6 Å². The molecule has 2 aromatic rings. The van der Waals surface area contributed by atoms with Crippen LogP contribution in [0.1, 0.15) is 29.7 Å². The lowest BCUT2D eigenvalue weighted by Crippen LogP contribution is -2.21. The number of halogens is 1. The summed E-state index contributed by atoms with van der Waals surface area (Å²) < 4.78 is 19.1. The van der Waals surface area contributed by atoms with Crippen molar-refractivity contribution in [1.29, 1.82) is 0 Å². The third-order valence-electron chi connectivity index (χ3n) is 5.39. The molecule has 1 aromatic heterocycles. The van der Waals surface area contributed by atoms with Crippen molar-refractivity contribution >= 4 is 5.57 Å². The molecule has 4 nitrogen and oxygen atoms in total. The molecule has 4 rings (SSSR count). The third-order valence-corrected chi connectivity index (χ3v) is 5.39. The molecule has 27 heavy (non-hydrogen) atoms. The number of ether oxygens (including phenoxy) is 1. The fourth-order valence-electron chi connectivity index (χ4n) is 4.02. The highest BCUT2D eigenvalue weighted by molar-refractivity contribution is 5.76. The summed E-state index contributed by atoms with van der Waals surface area (Å²) in [5.74, 6) is 0.425. The zero-order valence-corrected chi connectivity index (χ0v) is 15.6. The lowest BCUT2D eigenvalue weighted by atomic mass is 9.98. The molecule has 0 fully saturated rings. The normalized spacial score (nSPS) is 16.2. The van der Waals surface area contributed by atoms with E-state index in [1.165, 1.54) is 16.7 Å². The summed E-state index contributed by atoms with van der Waals surface area (Å²) in [6, 6.07) is 5.18. The van der Waals surface area contributed by atoms with E-state index in [1.807, 2.05) is 6.07 Å². The van der Waals surface area contributed by atoms with E-state index in [2.05, 4.69) is 27.0 Å². The topological polar surface area (TPSA) is 38.3 Å². The maximum Gasteiger partial charge on any atom is 0.235 e. The van der Waals surface area contributed by atoms with Crippen LogP contribution in [0.5, 0.6) is 5.88 Å². The van der Waals surface area contributed by atoms with E-state index >= 15 is 0 Å². The van der Waals surface area contributed by atoms with E-state index in [0.717, 1.165) is 56.6 Å². The molecule has 0 bridgehead atoms. The average Bonchev–Trinajstić information content (AvgIpc) is 3.32. The Hall–Kier alpha value is -2.53. The van der Waals surface area contributed by atoms with Gasteiger partial charge in [-0.2, -0.15) is 0 Å². The molecule has 1 aliphatic heterocycles. The maximum atomic E-state index is 13.7. The zero-order chi connectivity index (χ0) is 18.6. The van der Waals surface area contributed by atoms with Gasteiger partial charge < -0.3 is 4.74 Å². The van der Waals surface area contributed by atoms with E-state index in [9.17, 15) is 4.39 Å². The van der Waals surface area contributed by atoms with Gasteiger partial charge >= 0.3 is 0 Å². The molecule has 0 amide bonds. The Morgan fingerprint density at radius 3 is 2.70 bits per heavy atom. The largest absolute Gasteiger partial charge is 0.480 e. The minimum atomic E-state index is -0.159. The third kappa shape index (κ3) is 3.93. The Morgan fingerprint density at radius 2 is 1.89 bits per heavy atom. The lowest BCUT2D eigenvalue weighted by Gasteiger charge is -2.16. The number of methoxy groups -OCH3 is 1. The molecular weight excluding hydrogens is 341 g/mol. The van der Waals surface area contributed by atoms with E-state index in [1.54, 1.807) is 31.6 Å². The second-order valence-electron chi connectivity index (χ2n) is 7.05. The fourth-order valence-corrected chi connectivity index (χ4v) is 4.02. The van der Waals surface area contributed by atoms with Crippen LogP contribution in [0.3, 0.4) is 0 Å². The Bertz CT molecular complexity index is 883. The second-order valence-corrected chi connectivity index (χ2v) is 7.05. The van der Waals surface area contributed by atoms with Gasteiger partial charge in [-0.15, -0.1) is 0 Å². The van der Waals surface area contributed by atoms with Gasteiger partial charge in [0.2, 0.25) is 5.88 Å². The molecule has 0 saturated carbocycles. The highest BCUT2D eigenvalue weighted by atomic mass is 19.1. The summed E-state index contributed by atoms with van der Waals surface area (Å²) >= 11 is 0. The van der Waals surface area contributed by atoms with Gasteiger partial charge in [-0.25, -0.2) is 9.37 Å². The molecular formula is C22H24FN3O. The molecule has 0 radical (unpaired) electrons. The van der Waals surface area contributed by atoms with Crippen LogP contribution in [-0.2, 0) is 12.8 Å². The maximum absolute atomic E-state index is 13.7. The fraction of sp³-hybridized carbons (Fsp3) is 0.364. The molecule has 2 aliphatic rings. The van der Waals surface area contributed by atoms with Crippen molar-refractivity contribution in [3.8, 4) is 5.88 Å². The zero-order valence-electron chi connectivity index (χ0n) is 15.6. The molecule has 0 unspecified atom stereocenters. The summed E-state index contributed by atoms with van der Waals surface area (Å²) in [6.45, 7) is 3.10. The average molecular weight is 365 g/mol. The molecule has 5 heteroatoms. The van der Waals surface area contributed by atoms with Gasteiger partial charge in [0.15, 0.2) is 0 Å². The summed E-state index contributed by atoms with van der Waals surface area (Å²) in [6.07, 6.45) is 11.3. The van der Waals surface area contributed by atoms with Gasteiger partial charge in [-0.05, 0) is 54.5 Å². The molecule has 2 heterocycles. The van der Waals surface area contributed by atoms with Crippen LogP contribution in [0.15, 0.2) is 48.3 Å². The monoisotopic (exact) mass is 365 g/mol. The first-order chi connectivity index (χ1) is 13.2. The van der Waals surface area contributed by atoms with E-state index < -0.39 is 0 Å². The minimum absolute atomic E-state index is 0.159. The van der Waals surface area contributed by atoms with Crippen LogP contribution in [0.25, 0.3) is 5.57 Å². The van der Waals surface area contributed by atoms with E-state index in [0.29, 0.717) is 5.88 Å². The molecule has 1 aliphatic carbocycles. The van der Waals surface area contributed by atoms with Crippen molar-refractivity contribution in [1.82, 2.24) is 14.9 Å². The molecule has 0 spiro atoms. The quantitative estimate of drug-likeness (QED) is 0.699. The predicted molar refractivity (Wildman–Crippen MR) is 104 cm³/mol. The minimum Gasteiger partial charge on any atom is -0.480 e. The van der Waals surface area contributed by atoms with Crippen LogP contribution in [0.4, 0.5) is 4.39 Å². The Kier molecular flexibility index (Phi) is 5.30. The van der Waals surface area contributed by atoms with Gasteiger partial charge in [0.25, 0.3) is 0 Å². The van der Waals surface area contributed by atoms with Gasteiger partial charge in [0, 0.05) is 32.0 Å². The number of fused-ring (bicyclic) bond motifs is 1. The smallest absolute Gasteiger partial charge is 0.235 e. The predicted octanol–water partition coefficient (Wildman–Crippen LogP) is 3.83. The number of aromatic nitrogens is 2. The molecule has 1 aromatic carbocycles. The highest BCUT2D eigenvalue weighted by Gasteiger charge is 2.23. The summed E-state index contributed by atoms with van der Waals surface area (Å²) in [4.78, 5) is 11.1. The van der Waals surface area contributed by atoms with Crippen LogP contribution in [0.2, 0.25) is 0 Å². The number of benzene rings is 1. The SMILES string of the molecule is COc1nccnc1CCC1=C(CCN2CC=CC2)Cc2cc(F)ccc21. The Labute approximate surface area is 159 Å². The summed E-state index contributed by atoms with van der Waals surface area (Å²) in [5, 5.41) is 0. The van der Waals surface area contributed by atoms with Gasteiger partial charge in [-0.1, -0.05) is 23.8 Å². The van der Waals surface area contributed by atoms with Gasteiger partial charge in [0.1, 0.15) is 11.5 Å². The van der Waals surface area contributed by atoms with Crippen molar-refractivity contribution < 1.29 is 9.13 Å². The van der Waals surface area contributed by atoms with E-state index in [-0.39, 0.29) is 5.82 Å².